The zero-order chi connectivity index (χ0) is 16.0. The van der Waals surface area contributed by atoms with Crippen molar-refractivity contribution >= 4 is 20.9 Å². The fourth-order valence-electron chi connectivity index (χ4n) is 2.99. The molecule has 0 atom stereocenters. The summed E-state index contributed by atoms with van der Waals surface area (Å²) in [4.78, 5) is 9.60. The summed E-state index contributed by atoms with van der Waals surface area (Å²) in [5, 5.41) is 2.34. The van der Waals surface area contributed by atoms with Gasteiger partial charge in [-0.2, -0.15) is 0 Å². The van der Waals surface area contributed by atoms with Gasteiger partial charge in [0.2, 0.25) is 0 Å². The zero-order valence-corrected chi connectivity index (χ0v) is 14.5. The van der Waals surface area contributed by atoms with Gasteiger partial charge in [0.15, 0.2) is 0 Å². The molecule has 0 fully saturated rings. The van der Waals surface area contributed by atoms with Crippen LogP contribution in [0.1, 0.15) is 5.56 Å². The molecule has 0 unspecified atom stereocenters. The van der Waals surface area contributed by atoms with E-state index in [1.54, 1.807) is 0 Å². The van der Waals surface area contributed by atoms with Gasteiger partial charge in [0, 0.05) is 29.1 Å². The van der Waals surface area contributed by atoms with Crippen molar-refractivity contribution in [1.82, 2.24) is 9.97 Å². The van der Waals surface area contributed by atoms with E-state index < -0.39 is 10.0 Å². The summed E-state index contributed by atoms with van der Waals surface area (Å²) in [6.45, 7) is 0.752. The minimum atomic E-state index is -0.922. The predicted octanol–water partition coefficient (Wildman–Crippen LogP) is 4.28. The summed E-state index contributed by atoms with van der Waals surface area (Å²) < 4.78 is 5.73. The van der Waals surface area contributed by atoms with Crippen LogP contribution in [0.4, 0.5) is 0 Å². The molecule has 4 heteroatoms. The van der Waals surface area contributed by atoms with Gasteiger partial charge in [-0.05, 0) is 49.1 Å². The minimum Gasteiger partial charge on any atom is -0.493 e. The van der Waals surface area contributed by atoms with Gasteiger partial charge >= 0.3 is 0 Å². The first-order valence-electron chi connectivity index (χ1n) is 7.73. The lowest BCUT2D eigenvalue weighted by atomic mass is 10.0. The van der Waals surface area contributed by atoms with Gasteiger partial charge in [0.05, 0.1) is 22.8 Å². The third-order valence-corrected chi connectivity index (χ3v) is 5.66. The largest absolute Gasteiger partial charge is 0.493 e. The Labute approximate surface area is 138 Å². The van der Waals surface area contributed by atoms with Gasteiger partial charge in [0.1, 0.15) is 5.75 Å². The number of rotatable bonds is 2. The van der Waals surface area contributed by atoms with Crippen LogP contribution in [0.15, 0.2) is 47.6 Å². The van der Waals surface area contributed by atoms with Crippen molar-refractivity contribution in [2.45, 2.75) is 11.4 Å². The normalized spacial score (nSPS) is 14.6. The maximum Gasteiger partial charge on any atom is 0.124 e. The first kappa shape index (κ1) is 14.5. The lowest BCUT2D eigenvalue weighted by molar-refractivity contribution is 0.357. The highest BCUT2D eigenvalue weighted by Gasteiger charge is 2.21. The highest BCUT2D eigenvalue weighted by atomic mass is 32.3. The lowest BCUT2D eigenvalue weighted by Crippen LogP contribution is -2.00. The number of nitrogens with zero attached hydrogens (tertiary/aromatic N) is 2. The molecule has 3 nitrogen and oxygen atoms in total. The van der Waals surface area contributed by atoms with E-state index in [-0.39, 0.29) is 0 Å². The smallest absolute Gasteiger partial charge is 0.124 e. The number of hydrogen-bond acceptors (Lipinski definition) is 3. The molecule has 0 saturated heterocycles. The Kier molecular flexibility index (Phi) is 3.31. The molecule has 0 saturated carbocycles. The van der Waals surface area contributed by atoms with Crippen LogP contribution in [0.3, 0.4) is 0 Å². The maximum atomic E-state index is 5.73. The van der Waals surface area contributed by atoms with Crippen LogP contribution in [0.5, 0.6) is 5.75 Å². The molecule has 1 aliphatic rings. The third kappa shape index (κ3) is 2.47. The van der Waals surface area contributed by atoms with Crippen molar-refractivity contribution in [1.29, 1.82) is 0 Å². The minimum absolute atomic E-state index is 0.752. The average molecular weight is 324 g/mol. The monoisotopic (exact) mass is 324 g/mol. The second kappa shape index (κ2) is 5.24. The summed E-state index contributed by atoms with van der Waals surface area (Å²) in [5.41, 5.74) is 4.50. The Hall–Kier alpha value is -2.07. The van der Waals surface area contributed by atoms with E-state index in [9.17, 15) is 0 Å². The number of hydrogen-bond donors (Lipinski definition) is 0. The standard InChI is InChI=1S/C19H20N2OS/c1-23(2,3)18-12-15(16-6-4-5-10-20-16)13-7-8-17-14(9-11-22-17)19(13)21-18/h4-8,10,12H,9,11H2,1-3H3. The molecule has 118 valence electrons. The van der Waals surface area contributed by atoms with Gasteiger partial charge in [-0.25, -0.2) is 15.0 Å². The van der Waals surface area contributed by atoms with E-state index in [1.165, 1.54) is 21.5 Å². The number of pyridine rings is 2. The molecule has 23 heavy (non-hydrogen) atoms. The summed E-state index contributed by atoms with van der Waals surface area (Å²) >= 11 is 0. The van der Waals surface area contributed by atoms with E-state index in [1.807, 2.05) is 18.3 Å². The first-order valence-corrected chi connectivity index (χ1v) is 10.6. The molecule has 1 aromatic carbocycles. The van der Waals surface area contributed by atoms with E-state index in [0.29, 0.717) is 0 Å². The van der Waals surface area contributed by atoms with Crippen LogP contribution in [-0.2, 0) is 6.42 Å². The number of fused-ring (bicyclic) bond motifs is 3. The van der Waals surface area contributed by atoms with Crippen LogP contribution in [-0.4, -0.2) is 35.3 Å². The van der Waals surface area contributed by atoms with Crippen molar-refractivity contribution in [3.8, 4) is 17.0 Å². The highest BCUT2D eigenvalue weighted by Crippen LogP contribution is 2.47. The average Bonchev–Trinajstić information content (AvgIpc) is 3.02. The van der Waals surface area contributed by atoms with E-state index in [4.69, 9.17) is 9.72 Å². The van der Waals surface area contributed by atoms with Crippen LogP contribution < -0.4 is 4.74 Å². The molecule has 0 bridgehead atoms. The Morgan fingerprint density at radius 3 is 2.70 bits per heavy atom. The highest BCUT2D eigenvalue weighted by molar-refractivity contribution is 8.32. The van der Waals surface area contributed by atoms with Gasteiger partial charge in [-0.3, -0.25) is 4.98 Å². The summed E-state index contributed by atoms with van der Waals surface area (Å²) in [6, 6.07) is 12.5. The third-order valence-electron chi connectivity index (χ3n) is 4.20. The van der Waals surface area contributed by atoms with Crippen molar-refractivity contribution < 1.29 is 4.74 Å². The topological polar surface area (TPSA) is 35.0 Å². The lowest BCUT2D eigenvalue weighted by Gasteiger charge is -2.26. The number of aromatic nitrogens is 2. The fourth-order valence-corrected chi connectivity index (χ4v) is 3.83. The Morgan fingerprint density at radius 1 is 1.09 bits per heavy atom. The first-order chi connectivity index (χ1) is 11.0. The summed E-state index contributed by atoms with van der Waals surface area (Å²) in [7, 11) is -0.922. The molecule has 0 aliphatic carbocycles. The molecule has 0 spiro atoms. The molecule has 2 aromatic heterocycles. The van der Waals surface area contributed by atoms with E-state index in [0.717, 1.165) is 30.0 Å². The molecular weight excluding hydrogens is 304 g/mol. The molecule has 0 amide bonds. The quantitative estimate of drug-likeness (QED) is 0.705. The molecule has 1 aliphatic heterocycles. The Balaban J connectivity index is 2.08. The summed E-state index contributed by atoms with van der Waals surface area (Å²) in [5.74, 6) is 0.984. The molecular formula is C19H20N2OS. The van der Waals surface area contributed by atoms with Crippen LogP contribution in [0, 0.1) is 0 Å². The fraction of sp³-hybridized carbons (Fsp3) is 0.263. The molecule has 0 radical (unpaired) electrons. The van der Waals surface area contributed by atoms with Gasteiger partial charge in [0.25, 0.3) is 0 Å². The van der Waals surface area contributed by atoms with Crippen molar-refractivity contribution in [2.75, 3.05) is 25.4 Å². The Bertz CT molecular complexity index is 885. The zero-order valence-electron chi connectivity index (χ0n) is 13.7. The number of benzene rings is 1. The van der Waals surface area contributed by atoms with Gasteiger partial charge in [-0.1, -0.05) is 6.07 Å². The second-order valence-corrected chi connectivity index (χ2v) is 10.7. The van der Waals surface area contributed by atoms with Crippen molar-refractivity contribution in [3.63, 3.8) is 0 Å². The van der Waals surface area contributed by atoms with Gasteiger partial charge in [-0.15, -0.1) is 0 Å². The van der Waals surface area contributed by atoms with Crippen molar-refractivity contribution in [2.24, 2.45) is 0 Å². The van der Waals surface area contributed by atoms with Crippen molar-refractivity contribution in [3.05, 3.63) is 48.2 Å². The van der Waals surface area contributed by atoms with Crippen LogP contribution in [0.25, 0.3) is 22.2 Å². The molecule has 3 aromatic rings. The maximum absolute atomic E-state index is 5.73. The Morgan fingerprint density at radius 2 is 1.96 bits per heavy atom. The SMILES string of the molecule is CS(C)(C)c1cc(-c2ccccn2)c2ccc3c(c2n1)CCO3. The van der Waals surface area contributed by atoms with Crippen LogP contribution >= 0.6 is 10.0 Å². The second-order valence-electron chi connectivity index (χ2n) is 6.60. The predicted molar refractivity (Wildman–Crippen MR) is 97.8 cm³/mol. The number of ether oxygens (including phenoxy) is 1. The molecule has 4 rings (SSSR count). The molecule has 0 N–H and O–H groups in total. The van der Waals surface area contributed by atoms with E-state index >= 15 is 0 Å². The molecule has 3 heterocycles. The van der Waals surface area contributed by atoms with E-state index in [2.05, 4.69) is 48.0 Å². The summed E-state index contributed by atoms with van der Waals surface area (Å²) in [6.07, 6.45) is 9.63. The van der Waals surface area contributed by atoms with Gasteiger partial charge < -0.3 is 4.74 Å². The van der Waals surface area contributed by atoms with Crippen LogP contribution in [0.2, 0.25) is 0 Å².